The summed E-state index contributed by atoms with van der Waals surface area (Å²) in [5.74, 6) is 0.913. The van der Waals surface area contributed by atoms with Crippen molar-refractivity contribution in [3.63, 3.8) is 0 Å². The lowest BCUT2D eigenvalue weighted by molar-refractivity contribution is 0.0484. The molecule has 0 unspecified atom stereocenters. The molecule has 3 aromatic rings. The number of rotatable bonds is 8. The van der Waals surface area contributed by atoms with Crippen LogP contribution >= 0.6 is 0 Å². The third-order valence-electron chi connectivity index (χ3n) is 7.69. The van der Waals surface area contributed by atoms with E-state index in [1.165, 1.54) is 24.0 Å². The van der Waals surface area contributed by atoms with E-state index >= 15 is 0 Å². The van der Waals surface area contributed by atoms with Gasteiger partial charge in [0.25, 0.3) is 5.56 Å². The van der Waals surface area contributed by atoms with E-state index in [2.05, 4.69) is 69.1 Å². The summed E-state index contributed by atoms with van der Waals surface area (Å²) in [6.07, 6.45) is 7.89. The molecule has 1 saturated heterocycles. The zero-order valence-corrected chi connectivity index (χ0v) is 20.6. The number of pyridine rings is 1. The van der Waals surface area contributed by atoms with Crippen LogP contribution in [-0.4, -0.2) is 49.3 Å². The van der Waals surface area contributed by atoms with Crippen molar-refractivity contribution in [2.24, 2.45) is 0 Å². The first-order chi connectivity index (χ1) is 16.5. The Kier molecular flexibility index (Phi) is 6.79. The van der Waals surface area contributed by atoms with E-state index in [4.69, 9.17) is 4.74 Å². The van der Waals surface area contributed by atoms with Gasteiger partial charge in [0.1, 0.15) is 0 Å². The SMILES string of the molecule is CC[C@@H](c1nnnn1C1CCCC1)N(Cc1cc2cc(C)c(C)cc2[nH]c1=O)C[C@@H]1CCCO1. The first-order valence-electron chi connectivity index (χ1n) is 12.8. The van der Waals surface area contributed by atoms with Crippen LogP contribution in [0, 0.1) is 13.8 Å². The number of hydrogen-bond acceptors (Lipinski definition) is 6. The van der Waals surface area contributed by atoms with Gasteiger partial charge >= 0.3 is 0 Å². The van der Waals surface area contributed by atoms with Gasteiger partial charge in [-0.2, -0.15) is 0 Å². The maximum Gasteiger partial charge on any atom is 0.252 e. The molecule has 0 spiro atoms. The normalized spacial score (nSPS) is 20.1. The third kappa shape index (κ3) is 4.66. The van der Waals surface area contributed by atoms with Gasteiger partial charge < -0.3 is 9.72 Å². The molecule has 8 heteroatoms. The van der Waals surface area contributed by atoms with Crippen LogP contribution in [0.25, 0.3) is 10.9 Å². The summed E-state index contributed by atoms with van der Waals surface area (Å²) in [6, 6.07) is 6.67. The van der Waals surface area contributed by atoms with Crippen LogP contribution in [0.4, 0.5) is 0 Å². The summed E-state index contributed by atoms with van der Waals surface area (Å²) in [5, 5.41) is 14.0. The molecule has 8 nitrogen and oxygen atoms in total. The minimum atomic E-state index is -0.0293. The Labute approximate surface area is 200 Å². The Hall–Kier alpha value is -2.58. The molecular weight excluding hydrogens is 428 g/mol. The van der Waals surface area contributed by atoms with Gasteiger partial charge in [0.2, 0.25) is 0 Å². The molecule has 1 aromatic carbocycles. The lowest BCUT2D eigenvalue weighted by atomic mass is 10.0. The highest BCUT2D eigenvalue weighted by Crippen LogP contribution is 2.33. The summed E-state index contributed by atoms with van der Waals surface area (Å²) in [7, 11) is 0. The zero-order chi connectivity index (χ0) is 23.7. The maximum absolute atomic E-state index is 13.1. The fourth-order valence-electron chi connectivity index (χ4n) is 5.64. The topological polar surface area (TPSA) is 88.9 Å². The zero-order valence-electron chi connectivity index (χ0n) is 20.6. The van der Waals surface area contributed by atoms with Crippen molar-refractivity contribution in [3.8, 4) is 0 Å². The monoisotopic (exact) mass is 464 g/mol. The summed E-state index contributed by atoms with van der Waals surface area (Å²) in [4.78, 5) is 18.6. The number of H-pyrrole nitrogens is 1. The van der Waals surface area contributed by atoms with Crippen LogP contribution in [0.5, 0.6) is 0 Å². The molecule has 0 radical (unpaired) electrons. The number of hydrogen-bond donors (Lipinski definition) is 1. The van der Waals surface area contributed by atoms with Crippen molar-refractivity contribution < 1.29 is 4.74 Å². The second-order valence-corrected chi connectivity index (χ2v) is 10.1. The standard InChI is InChI=1S/C26H36N6O2/c1-4-24(25-28-29-30-32(25)21-8-5-6-9-21)31(16-22-10-7-11-34-22)15-20-14-19-12-17(2)18(3)13-23(19)27-26(20)33/h12-14,21-22,24H,4-11,15-16H2,1-3H3,(H,27,33)/t22-,24-/m0/s1. The molecule has 2 aliphatic rings. The summed E-state index contributed by atoms with van der Waals surface area (Å²) >= 11 is 0. The van der Waals surface area contributed by atoms with Crippen molar-refractivity contribution >= 4 is 10.9 Å². The van der Waals surface area contributed by atoms with Crippen LogP contribution in [-0.2, 0) is 11.3 Å². The van der Waals surface area contributed by atoms with Crippen molar-refractivity contribution in [2.75, 3.05) is 13.2 Å². The average Bonchev–Trinajstić information content (AvgIpc) is 3.59. The predicted octanol–water partition coefficient (Wildman–Crippen LogP) is 4.38. The van der Waals surface area contributed by atoms with Gasteiger partial charge in [0, 0.05) is 30.8 Å². The molecule has 182 valence electrons. The predicted molar refractivity (Wildman–Crippen MR) is 132 cm³/mol. The quantitative estimate of drug-likeness (QED) is 0.532. The van der Waals surface area contributed by atoms with Gasteiger partial charge in [-0.05, 0) is 91.1 Å². The molecule has 3 heterocycles. The fourth-order valence-corrected chi connectivity index (χ4v) is 5.64. The van der Waals surface area contributed by atoms with Gasteiger partial charge in [-0.25, -0.2) is 4.68 Å². The molecule has 5 rings (SSSR count). The third-order valence-corrected chi connectivity index (χ3v) is 7.69. The van der Waals surface area contributed by atoms with E-state index in [9.17, 15) is 4.79 Å². The van der Waals surface area contributed by atoms with Gasteiger partial charge in [-0.3, -0.25) is 9.69 Å². The van der Waals surface area contributed by atoms with Crippen molar-refractivity contribution in [1.29, 1.82) is 0 Å². The number of tetrazole rings is 1. The van der Waals surface area contributed by atoms with Crippen LogP contribution in [0.1, 0.15) is 86.5 Å². The lowest BCUT2D eigenvalue weighted by Crippen LogP contribution is -2.38. The first-order valence-corrected chi connectivity index (χ1v) is 12.8. The molecule has 34 heavy (non-hydrogen) atoms. The van der Waals surface area contributed by atoms with E-state index in [0.717, 1.165) is 67.5 Å². The Bertz CT molecular complexity index is 1190. The first kappa shape index (κ1) is 23.2. The van der Waals surface area contributed by atoms with Gasteiger partial charge in [-0.15, -0.1) is 5.10 Å². The number of aryl methyl sites for hydroxylation is 2. The number of aromatic amines is 1. The van der Waals surface area contributed by atoms with E-state index < -0.39 is 0 Å². The van der Waals surface area contributed by atoms with E-state index in [-0.39, 0.29) is 17.7 Å². The number of ether oxygens (including phenoxy) is 1. The number of aromatic nitrogens is 5. The number of fused-ring (bicyclic) bond motifs is 1. The molecule has 1 aliphatic heterocycles. The van der Waals surface area contributed by atoms with Crippen molar-refractivity contribution in [1.82, 2.24) is 30.1 Å². The minimum Gasteiger partial charge on any atom is -0.377 e. The number of benzene rings is 1. The summed E-state index contributed by atoms with van der Waals surface area (Å²) in [5.41, 5.74) is 4.04. The second kappa shape index (κ2) is 9.96. The molecule has 1 aliphatic carbocycles. The van der Waals surface area contributed by atoms with Gasteiger partial charge in [0.05, 0.1) is 18.2 Å². The molecule has 2 aromatic heterocycles. The Balaban J connectivity index is 1.50. The number of nitrogens with one attached hydrogen (secondary N) is 1. The highest BCUT2D eigenvalue weighted by molar-refractivity contribution is 5.80. The van der Waals surface area contributed by atoms with E-state index in [1.54, 1.807) is 0 Å². The lowest BCUT2D eigenvalue weighted by Gasteiger charge is -2.32. The fraction of sp³-hybridized carbons (Fsp3) is 0.615. The van der Waals surface area contributed by atoms with E-state index in [0.29, 0.717) is 12.6 Å². The molecule has 1 N–H and O–H groups in total. The Morgan fingerprint density at radius 3 is 2.68 bits per heavy atom. The Morgan fingerprint density at radius 1 is 1.15 bits per heavy atom. The van der Waals surface area contributed by atoms with Crippen LogP contribution in [0.3, 0.4) is 0 Å². The van der Waals surface area contributed by atoms with Gasteiger partial charge in [-0.1, -0.05) is 19.8 Å². The van der Waals surface area contributed by atoms with Crippen molar-refractivity contribution in [3.05, 3.63) is 51.1 Å². The van der Waals surface area contributed by atoms with Crippen LogP contribution in [0.2, 0.25) is 0 Å². The van der Waals surface area contributed by atoms with E-state index in [1.807, 2.05) is 0 Å². The highest BCUT2D eigenvalue weighted by atomic mass is 16.5. The summed E-state index contributed by atoms with van der Waals surface area (Å²) in [6.45, 7) is 8.47. The largest absolute Gasteiger partial charge is 0.377 e. The molecular formula is C26H36N6O2. The molecule has 1 saturated carbocycles. The van der Waals surface area contributed by atoms with Crippen LogP contribution in [0.15, 0.2) is 23.0 Å². The molecule has 2 fully saturated rings. The number of nitrogens with zero attached hydrogens (tertiary/aromatic N) is 5. The van der Waals surface area contributed by atoms with Gasteiger partial charge in [0.15, 0.2) is 5.82 Å². The molecule has 2 atom stereocenters. The second-order valence-electron chi connectivity index (χ2n) is 10.1. The minimum absolute atomic E-state index is 0.0228. The molecule has 0 amide bonds. The van der Waals surface area contributed by atoms with Crippen LogP contribution < -0.4 is 5.56 Å². The Morgan fingerprint density at radius 2 is 1.94 bits per heavy atom. The van der Waals surface area contributed by atoms with Crippen molar-refractivity contribution in [2.45, 2.75) is 90.4 Å². The average molecular weight is 465 g/mol. The summed E-state index contributed by atoms with van der Waals surface area (Å²) < 4.78 is 8.06. The molecule has 0 bridgehead atoms. The smallest absolute Gasteiger partial charge is 0.252 e. The maximum atomic E-state index is 13.1. The highest BCUT2D eigenvalue weighted by Gasteiger charge is 2.31.